The van der Waals surface area contributed by atoms with Crippen LogP contribution < -0.4 is 24.5 Å². The summed E-state index contributed by atoms with van der Waals surface area (Å²) in [6, 6.07) is 3.54. The fraction of sp³-hybridized carbons (Fsp3) is 0.529. The number of amides is 1. The van der Waals surface area contributed by atoms with Crippen LogP contribution in [0.1, 0.15) is 24.8 Å². The van der Waals surface area contributed by atoms with Gasteiger partial charge in [-0.3, -0.25) is 4.79 Å². The summed E-state index contributed by atoms with van der Waals surface area (Å²) in [6.45, 7) is 2.58. The summed E-state index contributed by atoms with van der Waals surface area (Å²) in [4.78, 5) is 13.3. The Bertz CT molecular complexity index is 558. The number of hydrogen-bond acceptors (Lipinski definition) is 5. The number of nitrogens with one attached hydrogen (secondary N) is 2. The normalized spacial score (nSPS) is 15.3. The predicted octanol–water partition coefficient (Wildman–Crippen LogP) is 0.231. The van der Waals surface area contributed by atoms with E-state index in [2.05, 4.69) is 10.5 Å². The zero-order valence-electron chi connectivity index (χ0n) is 14.6. The summed E-state index contributed by atoms with van der Waals surface area (Å²) in [5.74, 6) is 1.54. The third kappa shape index (κ3) is 4.86. The molecule has 24 heavy (non-hydrogen) atoms. The molecule has 1 amide bonds. The lowest BCUT2D eigenvalue weighted by atomic mass is 10.1. The topological polar surface area (TPSA) is 73.6 Å². The van der Waals surface area contributed by atoms with Crippen molar-refractivity contribution in [3.63, 3.8) is 0 Å². The Hall–Kier alpha value is -2.28. The van der Waals surface area contributed by atoms with Gasteiger partial charge in [-0.2, -0.15) is 5.10 Å². The minimum Gasteiger partial charge on any atom is -0.493 e. The van der Waals surface area contributed by atoms with Gasteiger partial charge in [0.25, 0.3) is 5.91 Å². The largest absolute Gasteiger partial charge is 0.493 e. The molecule has 0 unspecified atom stereocenters. The molecule has 132 valence electrons. The lowest BCUT2D eigenvalue weighted by Gasteiger charge is -2.22. The quantitative estimate of drug-likeness (QED) is 0.552. The van der Waals surface area contributed by atoms with Crippen LogP contribution in [0.4, 0.5) is 0 Å². The molecule has 1 fully saturated rings. The molecule has 0 bridgehead atoms. The number of ether oxygens (including phenoxy) is 3. The van der Waals surface area contributed by atoms with E-state index in [1.807, 2.05) is 0 Å². The van der Waals surface area contributed by atoms with Crippen molar-refractivity contribution in [3.05, 3.63) is 17.7 Å². The van der Waals surface area contributed by atoms with Gasteiger partial charge in [-0.1, -0.05) is 0 Å². The molecule has 7 heteroatoms. The highest BCUT2D eigenvalue weighted by molar-refractivity contribution is 5.84. The van der Waals surface area contributed by atoms with E-state index in [0.29, 0.717) is 23.8 Å². The van der Waals surface area contributed by atoms with Crippen LogP contribution in [0.25, 0.3) is 0 Å². The van der Waals surface area contributed by atoms with Gasteiger partial charge >= 0.3 is 0 Å². The first kappa shape index (κ1) is 18.1. The van der Waals surface area contributed by atoms with Gasteiger partial charge in [0, 0.05) is 5.56 Å². The van der Waals surface area contributed by atoms with Gasteiger partial charge in [-0.05, 0) is 31.4 Å². The zero-order chi connectivity index (χ0) is 17.4. The number of nitrogens with zero attached hydrogens (tertiary/aromatic N) is 1. The number of likely N-dealkylation sites (tertiary alicyclic amines) is 1. The Labute approximate surface area is 142 Å². The second-order valence-electron chi connectivity index (χ2n) is 5.74. The van der Waals surface area contributed by atoms with E-state index in [4.69, 9.17) is 14.2 Å². The molecule has 0 radical (unpaired) electrons. The molecule has 1 saturated heterocycles. The van der Waals surface area contributed by atoms with E-state index in [1.54, 1.807) is 39.7 Å². The summed E-state index contributed by atoms with van der Waals surface area (Å²) >= 11 is 0. The van der Waals surface area contributed by atoms with Crippen molar-refractivity contribution in [3.8, 4) is 17.2 Å². The molecule has 1 heterocycles. The molecule has 1 aliphatic rings. The molecule has 2 N–H and O–H groups in total. The fourth-order valence-corrected chi connectivity index (χ4v) is 2.85. The van der Waals surface area contributed by atoms with Gasteiger partial charge < -0.3 is 19.1 Å². The van der Waals surface area contributed by atoms with Gasteiger partial charge in [0.15, 0.2) is 18.0 Å². The number of piperidine rings is 1. The van der Waals surface area contributed by atoms with Crippen molar-refractivity contribution in [1.82, 2.24) is 5.43 Å². The first-order valence-corrected chi connectivity index (χ1v) is 8.13. The van der Waals surface area contributed by atoms with Crippen LogP contribution >= 0.6 is 0 Å². The molecule has 2 rings (SSSR count). The van der Waals surface area contributed by atoms with Crippen LogP contribution in [0.3, 0.4) is 0 Å². The number of hydrazone groups is 1. The Morgan fingerprint density at radius 1 is 1.12 bits per heavy atom. The Kier molecular flexibility index (Phi) is 6.87. The van der Waals surface area contributed by atoms with E-state index in [-0.39, 0.29) is 5.91 Å². The molecule has 0 spiro atoms. The van der Waals surface area contributed by atoms with E-state index in [1.165, 1.54) is 24.2 Å². The summed E-state index contributed by atoms with van der Waals surface area (Å²) in [5.41, 5.74) is 3.32. The number of quaternary nitrogens is 1. The Morgan fingerprint density at radius 3 is 2.29 bits per heavy atom. The molecular formula is C17H26N3O4+. The van der Waals surface area contributed by atoms with E-state index < -0.39 is 0 Å². The summed E-state index contributed by atoms with van der Waals surface area (Å²) in [7, 11) is 4.67. The first-order chi connectivity index (χ1) is 11.7. The number of rotatable bonds is 7. The highest BCUT2D eigenvalue weighted by atomic mass is 16.5. The first-order valence-electron chi connectivity index (χ1n) is 8.13. The lowest BCUT2D eigenvalue weighted by molar-refractivity contribution is -0.896. The molecule has 0 atom stereocenters. The maximum Gasteiger partial charge on any atom is 0.295 e. The Morgan fingerprint density at radius 2 is 1.75 bits per heavy atom. The maximum absolute atomic E-state index is 11.9. The number of hydrogen-bond donors (Lipinski definition) is 2. The maximum atomic E-state index is 11.9. The minimum absolute atomic E-state index is 0.0735. The monoisotopic (exact) mass is 336 g/mol. The lowest BCUT2D eigenvalue weighted by Crippen LogP contribution is -3.13. The van der Waals surface area contributed by atoms with Gasteiger partial charge in [0.2, 0.25) is 5.75 Å². The van der Waals surface area contributed by atoms with Crippen LogP contribution in [0.5, 0.6) is 17.2 Å². The molecule has 0 aliphatic carbocycles. The zero-order valence-corrected chi connectivity index (χ0v) is 14.6. The van der Waals surface area contributed by atoms with Crippen molar-refractivity contribution < 1.29 is 23.9 Å². The van der Waals surface area contributed by atoms with Crippen LogP contribution in [0, 0.1) is 0 Å². The third-order valence-corrected chi connectivity index (χ3v) is 4.06. The highest BCUT2D eigenvalue weighted by Gasteiger charge is 2.17. The summed E-state index contributed by atoms with van der Waals surface area (Å²) in [6.07, 6.45) is 5.22. The molecule has 1 aromatic rings. The average molecular weight is 336 g/mol. The highest BCUT2D eigenvalue weighted by Crippen LogP contribution is 2.37. The van der Waals surface area contributed by atoms with Crippen LogP contribution in [-0.4, -0.2) is 53.1 Å². The third-order valence-electron chi connectivity index (χ3n) is 4.06. The van der Waals surface area contributed by atoms with Crippen LogP contribution in [-0.2, 0) is 4.79 Å². The number of carbonyl (C=O) groups excluding carboxylic acids is 1. The SMILES string of the molecule is COc1cc(/C=N\NC(=O)C[NH+]2CCCCC2)cc(OC)c1OC. The summed E-state index contributed by atoms with van der Waals surface area (Å²) < 4.78 is 15.9. The minimum atomic E-state index is -0.0735. The number of carbonyl (C=O) groups is 1. The second-order valence-corrected chi connectivity index (χ2v) is 5.74. The molecule has 1 aromatic carbocycles. The average Bonchev–Trinajstić information content (AvgIpc) is 2.61. The summed E-state index contributed by atoms with van der Waals surface area (Å²) in [5, 5.41) is 4.02. The van der Waals surface area contributed by atoms with Gasteiger partial charge in [-0.25, -0.2) is 5.43 Å². The second kappa shape index (κ2) is 9.12. The van der Waals surface area contributed by atoms with Crippen molar-refractivity contribution >= 4 is 12.1 Å². The number of methoxy groups -OCH3 is 3. The molecule has 7 nitrogen and oxygen atoms in total. The molecule has 0 saturated carbocycles. The van der Waals surface area contributed by atoms with Gasteiger partial charge in [-0.15, -0.1) is 0 Å². The van der Waals surface area contributed by atoms with E-state index >= 15 is 0 Å². The smallest absolute Gasteiger partial charge is 0.295 e. The van der Waals surface area contributed by atoms with Crippen molar-refractivity contribution in [2.45, 2.75) is 19.3 Å². The van der Waals surface area contributed by atoms with Crippen molar-refractivity contribution in [2.24, 2.45) is 5.10 Å². The predicted molar refractivity (Wildman–Crippen MR) is 91.2 cm³/mol. The number of benzene rings is 1. The molecular weight excluding hydrogens is 310 g/mol. The van der Waals surface area contributed by atoms with E-state index in [9.17, 15) is 4.79 Å². The van der Waals surface area contributed by atoms with Gasteiger partial charge in [0.05, 0.1) is 40.6 Å². The van der Waals surface area contributed by atoms with Crippen molar-refractivity contribution in [2.75, 3.05) is 41.0 Å². The molecule has 0 aromatic heterocycles. The van der Waals surface area contributed by atoms with E-state index in [0.717, 1.165) is 18.7 Å². The van der Waals surface area contributed by atoms with Gasteiger partial charge in [0.1, 0.15) is 0 Å². The molecule has 1 aliphatic heterocycles. The van der Waals surface area contributed by atoms with Crippen LogP contribution in [0.15, 0.2) is 17.2 Å². The standard InChI is InChI=1S/C17H25N3O4/c1-22-14-9-13(10-15(23-2)17(14)24-3)11-18-19-16(21)12-20-7-5-4-6-8-20/h9-11H,4-8,12H2,1-3H3,(H,19,21)/p+1/b18-11-. The Balaban J connectivity index is 1.96. The fourth-order valence-electron chi connectivity index (χ4n) is 2.85. The van der Waals surface area contributed by atoms with Crippen molar-refractivity contribution in [1.29, 1.82) is 0 Å². The van der Waals surface area contributed by atoms with Crippen LogP contribution in [0.2, 0.25) is 0 Å².